The van der Waals surface area contributed by atoms with Gasteiger partial charge in [0.25, 0.3) is 5.91 Å². The van der Waals surface area contributed by atoms with Gasteiger partial charge in [-0.2, -0.15) is 5.10 Å². The van der Waals surface area contributed by atoms with Crippen molar-refractivity contribution in [3.05, 3.63) is 18.2 Å². The van der Waals surface area contributed by atoms with Gasteiger partial charge >= 0.3 is 0 Å². The quantitative estimate of drug-likeness (QED) is 0.848. The first-order valence-corrected chi connectivity index (χ1v) is 9.13. The van der Waals surface area contributed by atoms with Crippen LogP contribution in [0.25, 0.3) is 0 Å². The van der Waals surface area contributed by atoms with E-state index >= 15 is 0 Å². The Morgan fingerprint density at radius 2 is 2.00 bits per heavy atom. The van der Waals surface area contributed by atoms with Crippen LogP contribution in [0.4, 0.5) is 5.69 Å². The van der Waals surface area contributed by atoms with Crippen LogP contribution in [0.2, 0.25) is 0 Å². The first-order valence-electron chi connectivity index (χ1n) is 9.13. The number of hydrogen-bond donors (Lipinski definition) is 1. The molecule has 1 atom stereocenters. The van der Waals surface area contributed by atoms with Crippen LogP contribution in [0.5, 0.6) is 11.5 Å². The van der Waals surface area contributed by atoms with E-state index in [9.17, 15) is 9.59 Å². The standard InChI is InChI=1S/C19H26N4O4/c1-22-18(24)9-7-15(21-22)19(25)23-10-4-5-14(12-23)20-13-6-8-16(26-2)17(11-13)27-3/h6,8,11,14,20H,4-5,7,9-10,12H2,1-3H3/t14-/m1/s1. The van der Waals surface area contributed by atoms with E-state index in [2.05, 4.69) is 10.4 Å². The first kappa shape index (κ1) is 19.0. The van der Waals surface area contributed by atoms with Gasteiger partial charge in [-0.05, 0) is 25.0 Å². The zero-order valence-corrected chi connectivity index (χ0v) is 16.0. The van der Waals surface area contributed by atoms with Gasteiger partial charge in [0.05, 0.1) is 14.2 Å². The molecule has 1 aromatic carbocycles. The van der Waals surface area contributed by atoms with Gasteiger partial charge in [0.2, 0.25) is 5.91 Å². The summed E-state index contributed by atoms with van der Waals surface area (Å²) >= 11 is 0. The van der Waals surface area contributed by atoms with Crippen LogP contribution in [-0.2, 0) is 9.59 Å². The van der Waals surface area contributed by atoms with Crippen molar-refractivity contribution in [3.63, 3.8) is 0 Å². The topological polar surface area (TPSA) is 83.5 Å². The van der Waals surface area contributed by atoms with E-state index in [4.69, 9.17) is 9.47 Å². The number of carbonyl (C=O) groups is 2. The van der Waals surface area contributed by atoms with E-state index in [0.717, 1.165) is 18.5 Å². The Morgan fingerprint density at radius 3 is 2.70 bits per heavy atom. The average Bonchev–Trinajstić information content (AvgIpc) is 2.69. The average molecular weight is 374 g/mol. The Hall–Kier alpha value is -2.77. The predicted octanol–water partition coefficient (Wildman–Crippen LogP) is 1.71. The van der Waals surface area contributed by atoms with Gasteiger partial charge in [0.1, 0.15) is 5.71 Å². The highest BCUT2D eigenvalue weighted by Crippen LogP contribution is 2.30. The van der Waals surface area contributed by atoms with Crippen LogP contribution in [0.15, 0.2) is 23.3 Å². The van der Waals surface area contributed by atoms with Crippen molar-refractivity contribution >= 4 is 23.2 Å². The van der Waals surface area contributed by atoms with Crippen molar-refractivity contribution < 1.29 is 19.1 Å². The summed E-state index contributed by atoms with van der Waals surface area (Å²) in [5.74, 6) is 1.21. The predicted molar refractivity (Wildman–Crippen MR) is 102 cm³/mol. The fraction of sp³-hybridized carbons (Fsp3) is 0.526. The van der Waals surface area contributed by atoms with E-state index in [1.165, 1.54) is 5.01 Å². The monoisotopic (exact) mass is 374 g/mol. The molecule has 1 aromatic rings. The fourth-order valence-electron chi connectivity index (χ4n) is 3.45. The molecule has 0 radical (unpaired) electrons. The van der Waals surface area contributed by atoms with Crippen LogP contribution >= 0.6 is 0 Å². The number of ether oxygens (including phenoxy) is 2. The normalized spacial score (nSPS) is 20.2. The van der Waals surface area contributed by atoms with Crippen molar-refractivity contribution in [2.45, 2.75) is 31.7 Å². The molecule has 27 heavy (non-hydrogen) atoms. The fourth-order valence-corrected chi connectivity index (χ4v) is 3.45. The van der Waals surface area contributed by atoms with Crippen LogP contribution in [0.3, 0.4) is 0 Å². The lowest BCUT2D eigenvalue weighted by Crippen LogP contribution is -2.48. The number of benzene rings is 1. The maximum Gasteiger partial charge on any atom is 0.270 e. The highest BCUT2D eigenvalue weighted by molar-refractivity contribution is 6.39. The van der Waals surface area contributed by atoms with Gasteiger partial charge < -0.3 is 19.7 Å². The SMILES string of the molecule is COc1ccc(N[C@@H]2CCCN(C(=O)C3=NN(C)C(=O)CC3)C2)cc1OC. The lowest BCUT2D eigenvalue weighted by molar-refractivity contribution is -0.130. The van der Waals surface area contributed by atoms with Gasteiger partial charge in [0, 0.05) is 50.8 Å². The number of hydrazone groups is 1. The number of piperidine rings is 1. The number of carbonyl (C=O) groups excluding carboxylic acids is 2. The molecule has 0 unspecified atom stereocenters. The molecule has 2 heterocycles. The van der Waals surface area contributed by atoms with Crippen molar-refractivity contribution in [2.24, 2.45) is 5.10 Å². The van der Waals surface area contributed by atoms with E-state index in [-0.39, 0.29) is 17.9 Å². The summed E-state index contributed by atoms with van der Waals surface area (Å²) in [4.78, 5) is 26.2. The summed E-state index contributed by atoms with van der Waals surface area (Å²) < 4.78 is 10.6. The van der Waals surface area contributed by atoms with Crippen LogP contribution < -0.4 is 14.8 Å². The Morgan fingerprint density at radius 1 is 1.22 bits per heavy atom. The Kier molecular flexibility index (Phi) is 5.83. The summed E-state index contributed by atoms with van der Waals surface area (Å²) in [6, 6.07) is 5.83. The van der Waals surface area contributed by atoms with Gasteiger partial charge in [0.15, 0.2) is 11.5 Å². The van der Waals surface area contributed by atoms with E-state index in [0.29, 0.717) is 43.1 Å². The van der Waals surface area contributed by atoms with E-state index in [1.54, 1.807) is 21.3 Å². The number of amides is 2. The zero-order valence-electron chi connectivity index (χ0n) is 16.0. The smallest absolute Gasteiger partial charge is 0.270 e. The molecule has 2 aliphatic heterocycles. The second-order valence-electron chi connectivity index (χ2n) is 6.77. The Balaban J connectivity index is 1.65. The summed E-state index contributed by atoms with van der Waals surface area (Å²) in [6.45, 7) is 1.31. The molecule has 1 fully saturated rings. The lowest BCUT2D eigenvalue weighted by Gasteiger charge is -2.34. The highest BCUT2D eigenvalue weighted by atomic mass is 16.5. The number of nitrogens with zero attached hydrogens (tertiary/aromatic N) is 3. The maximum absolute atomic E-state index is 12.8. The van der Waals surface area contributed by atoms with Crippen LogP contribution in [-0.4, -0.2) is 67.8 Å². The van der Waals surface area contributed by atoms with Gasteiger partial charge in [-0.1, -0.05) is 0 Å². The van der Waals surface area contributed by atoms with Crippen LogP contribution in [0, 0.1) is 0 Å². The summed E-state index contributed by atoms with van der Waals surface area (Å²) in [5.41, 5.74) is 1.39. The minimum Gasteiger partial charge on any atom is -0.493 e. The molecule has 0 saturated carbocycles. The number of likely N-dealkylation sites (tertiary alicyclic amines) is 1. The third-order valence-corrected chi connectivity index (χ3v) is 4.92. The minimum atomic E-state index is -0.0758. The molecule has 8 heteroatoms. The summed E-state index contributed by atoms with van der Waals surface area (Å²) in [6.07, 6.45) is 2.64. The highest BCUT2D eigenvalue weighted by Gasteiger charge is 2.29. The van der Waals surface area contributed by atoms with Crippen molar-refractivity contribution in [1.29, 1.82) is 0 Å². The molecule has 2 amide bonds. The molecule has 1 N–H and O–H groups in total. The van der Waals surface area contributed by atoms with Crippen molar-refractivity contribution in [2.75, 3.05) is 39.7 Å². The molecular formula is C19H26N4O4. The number of nitrogens with one attached hydrogen (secondary N) is 1. The molecule has 146 valence electrons. The van der Waals surface area contributed by atoms with Crippen LogP contribution in [0.1, 0.15) is 25.7 Å². The summed E-state index contributed by atoms with van der Waals surface area (Å²) in [7, 11) is 4.80. The number of methoxy groups -OCH3 is 2. The molecule has 8 nitrogen and oxygen atoms in total. The van der Waals surface area contributed by atoms with Crippen molar-refractivity contribution in [3.8, 4) is 11.5 Å². The summed E-state index contributed by atoms with van der Waals surface area (Å²) in [5, 5.41) is 8.89. The maximum atomic E-state index is 12.8. The molecule has 0 spiro atoms. The largest absolute Gasteiger partial charge is 0.493 e. The van der Waals surface area contributed by atoms with Gasteiger partial charge in [-0.15, -0.1) is 0 Å². The van der Waals surface area contributed by atoms with Gasteiger partial charge in [-0.3, -0.25) is 9.59 Å². The Bertz CT molecular complexity index is 749. The second kappa shape index (κ2) is 8.28. The lowest BCUT2D eigenvalue weighted by atomic mass is 10.0. The Labute approximate surface area is 159 Å². The number of anilines is 1. The molecule has 0 aliphatic carbocycles. The third kappa shape index (κ3) is 4.32. The van der Waals surface area contributed by atoms with Crippen molar-refractivity contribution in [1.82, 2.24) is 9.91 Å². The second-order valence-corrected chi connectivity index (χ2v) is 6.77. The van der Waals surface area contributed by atoms with Gasteiger partial charge in [-0.25, -0.2) is 5.01 Å². The van der Waals surface area contributed by atoms with E-state index in [1.807, 2.05) is 23.1 Å². The minimum absolute atomic E-state index is 0.0572. The molecule has 2 aliphatic rings. The molecule has 3 rings (SSSR count). The zero-order chi connectivity index (χ0) is 19.4. The molecule has 0 aromatic heterocycles. The first-order chi connectivity index (χ1) is 13.0. The van der Waals surface area contributed by atoms with E-state index < -0.39 is 0 Å². The molecule has 1 saturated heterocycles. The number of hydrogen-bond acceptors (Lipinski definition) is 6. The number of rotatable bonds is 5. The third-order valence-electron chi connectivity index (χ3n) is 4.92. The molecular weight excluding hydrogens is 348 g/mol. The molecule has 0 bridgehead atoms.